The van der Waals surface area contributed by atoms with Crippen LogP contribution >= 0.6 is 0 Å². The highest BCUT2D eigenvalue weighted by molar-refractivity contribution is 6.20. The van der Waals surface area contributed by atoms with Crippen molar-refractivity contribution in [2.24, 2.45) is 35.1 Å². The fourth-order valence-corrected chi connectivity index (χ4v) is 14.3. The second kappa shape index (κ2) is 59.4. The molecule has 38 heteroatoms. The summed E-state index contributed by atoms with van der Waals surface area (Å²) in [4.78, 5) is 169. The van der Waals surface area contributed by atoms with E-state index in [0.29, 0.717) is 48.4 Å². The molecule has 754 valence electrons. The van der Waals surface area contributed by atoms with Crippen LogP contribution in [0.3, 0.4) is 0 Å². The number of anilines is 2. The van der Waals surface area contributed by atoms with E-state index in [9.17, 15) is 81.9 Å². The highest BCUT2D eigenvalue weighted by atomic mass is 19.1. The van der Waals surface area contributed by atoms with Crippen molar-refractivity contribution in [2.45, 2.75) is 163 Å². The van der Waals surface area contributed by atoms with Crippen LogP contribution in [0.4, 0.5) is 45.4 Å². The van der Waals surface area contributed by atoms with Crippen LogP contribution in [0.5, 0.6) is 5.75 Å². The molecule has 0 radical (unpaired) electrons. The summed E-state index contributed by atoms with van der Waals surface area (Å²) < 4.78 is 51.8. The van der Waals surface area contributed by atoms with Gasteiger partial charge in [-0.3, -0.25) is 53.3 Å². The number of hydrogen-bond donors (Lipinski definition) is 13. The molecule has 3 aliphatic rings. The van der Waals surface area contributed by atoms with E-state index < -0.39 is 95.3 Å². The minimum Gasteiger partial charge on any atom is -0.460 e. The Bertz CT molecular complexity index is 5340. The number of amides is 10. The van der Waals surface area contributed by atoms with E-state index in [0.717, 1.165) is 50.6 Å². The van der Waals surface area contributed by atoms with E-state index in [1.54, 1.807) is 74.5 Å². The Morgan fingerprint density at radius 2 is 0.900 bits per heavy atom. The molecule has 8 aromatic rings. The van der Waals surface area contributed by atoms with Gasteiger partial charge < -0.3 is 97.0 Å². The number of nitrogens with zero attached hydrogens (tertiary/aromatic N) is 2. The van der Waals surface area contributed by atoms with Gasteiger partial charge in [-0.05, 0) is 183 Å². The molecule has 2 aliphatic carbocycles. The number of alkyl carbamates (subject to hydrolysis) is 2. The van der Waals surface area contributed by atoms with Crippen molar-refractivity contribution in [3.05, 3.63) is 261 Å². The molecular formula is C102H127FN10O27. The number of nitrogens with two attached hydrogens (primary N) is 2. The van der Waals surface area contributed by atoms with E-state index in [4.69, 9.17) is 66.5 Å². The minimum absolute atomic E-state index is 0.0195. The van der Waals surface area contributed by atoms with Crippen LogP contribution in [-0.2, 0) is 70.4 Å². The monoisotopic (exact) mass is 1940 g/mol. The van der Waals surface area contributed by atoms with E-state index in [1.165, 1.54) is 36.4 Å². The van der Waals surface area contributed by atoms with Crippen molar-refractivity contribution < 1.29 is 132 Å². The Hall–Kier alpha value is -14.7. The van der Waals surface area contributed by atoms with Crippen LogP contribution in [0.15, 0.2) is 207 Å². The Labute approximate surface area is 813 Å². The van der Waals surface area contributed by atoms with Gasteiger partial charge in [-0.2, -0.15) is 0 Å². The van der Waals surface area contributed by atoms with Gasteiger partial charge in [0.25, 0.3) is 17.5 Å². The summed E-state index contributed by atoms with van der Waals surface area (Å²) in [7, 11) is -1.00. The number of urea groups is 2. The van der Waals surface area contributed by atoms with Gasteiger partial charge in [0.1, 0.15) is 36.8 Å². The second-order valence-electron chi connectivity index (χ2n) is 34.2. The summed E-state index contributed by atoms with van der Waals surface area (Å²) in [6.07, 6.45) is -0.0645. The number of aliphatic hydroxyl groups is 4. The number of Topliss-reactive ketones (excluding diaryl/α,β-unsaturated/α-hetero) is 2. The van der Waals surface area contributed by atoms with Crippen molar-refractivity contribution >= 4 is 94.6 Å². The molecule has 4 atom stereocenters. The van der Waals surface area contributed by atoms with Gasteiger partial charge in [0.2, 0.25) is 11.8 Å². The first-order chi connectivity index (χ1) is 67.0. The van der Waals surface area contributed by atoms with Crippen LogP contribution in [0.2, 0.25) is 0 Å². The first-order valence-corrected chi connectivity index (χ1v) is 44.9. The van der Waals surface area contributed by atoms with Gasteiger partial charge in [-0.15, -0.1) is 5.06 Å². The number of fused-ring (bicyclic) bond motifs is 7. The highest BCUT2D eigenvalue weighted by Gasteiger charge is 2.37. The fraction of sp³-hybridized carbons (Fsp3) is 0.382. The lowest BCUT2D eigenvalue weighted by Crippen LogP contribution is -2.46. The molecule has 1 aliphatic heterocycles. The number of hydrogen-bond acceptors (Lipinski definition) is 27. The Balaban J connectivity index is 0.000000358. The molecule has 15 N–H and O–H groups in total. The van der Waals surface area contributed by atoms with Crippen LogP contribution in [0.1, 0.15) is 181 Å². The Morgan fingerprint density at radius 1 is 0.529 bits per heavy atom. The third-order valence-electron chi connectivity index (χ3n) is 20.7. The van der Waals surface area contributed by atoms with Gasteiger partial charge in [-0.25, -0.2) is 28.8 Å². The molecule has 8 aromatic carbocycles. The molecule has 0 spiro atoms. The number of halogens is 1. The van der Waals surface area contributed by atoms with Crippen molar-refractivity contribution in [2.75, 3.05) is 77.1 Å². The number of non-ortho nitro benzene ring substituents is 1. The second-order valence-corrected chi connectivity index (χ2v) is 34.2. The lowest BCUT2D eigenvalue weighted by Gasteiger charge is -2.24. The third kappa shape index (κ3) is 39.4. The molecule has 0 fully saturated rings. The molecule has 10 amide bonds. The molecule has 0 unspecified atom stereocenters. The van der Waals surface area contributed by atoms with Gasteiger partial charge >= 0.3 is 42.3 Å². The number of hydroxylamine groups is 2. The molecule has 0 bridgehead atoms. The zero-order valence-corrected chi connectivity index (χ0v) is 80.0. The standard InChI is InChI=1S/C41H43N5O10.C34H40N4O6.C9H18O4.C8H5NO3.C7H12O2.C2H6O2.CH3F/c1-25(2)37(45-40(50)54-24-35-33-11-5-3-9-31(33)32-10-4-6-12-34(32)35)36(47)22-27(8-7-21-43-39(42)49)38(48)44-28-15-13-26(14-16-28)23-55-41(51)56-30-19-17-29(18-20-30)46(52)53;1-21(2)31(38-34(43)44-20-29-27-11-5-3-9-25(27)26-10-4-6-12-28(26)29)30(40)18-23(8-7-17-36-33(35)42)32(41)37-24-15-13-22(19-39)14-16-24;1-9(2,3)13-8(11)4-6-12-7-5-10;10-7-5-3-1-2-4-6(5)8(11)9(7)12;1-5-6(8)9-7(2,3)4;3-1-2-4;1-2/h3-6,9-20,25,27,35,37H,7-8,21-24H2,1-2H3,(H,44,48)(H,45,50)(H3,42,43,49);3-6,9-16,21,23,29,31,39H,7-8,17-20H2,1-2H3,(H,37,41)(H,38,43)(H3,35,36,42);10H,4-7H2,1-3H3;1-4,12H;5H,1H2,2-4H3;3-4H,1-2H2;1H3/t27-,37+;23-,31+;;;;;/m11...../s1/i;;;;;;1D. The van der Waals surface area contributed by atoms with Crippen LogP contribution in [0, 0.1) is 33.8 Å². The molecule has 1 heterocycles. The summed E-state index contributed by atoms with van der Waals surface area (Å²) in [6, 6.07) is 53.3. The number of nitrogens with one attached hydrogen (secondary N) is 6. The summed E-state index contributed by atoms with van der Waals surface area (Å²) in [5.41, 5.74) is 20.8. The number of aliphatic hydroxyl groups excluding tert-OH is 4. The summed E-state index contributed by atoms with van der Waals surface area (Å²) in [5.74, 6) is -5.74. The topological polar surface area (TPSA) is 558 Å². The van der Waals surface area contributed by atoms with Crippen LogP contribution in [-0.4, -0.2) is 203 Å². The molecule has 0 saturated carbocycles. The fourth-order valence-electron chi connectivity index (χ4n) is 14.3. The number of esters is 2. The van der Waals surface area contributed by atoms with E-state index >= 15 is 0 Å². The average Bonchev–Trinajstić information content (AvgIpc) is 1.53. The molecule has 0 saturated heterocycles. The number of carbonyl (C=O) groups excluding carboxylic acids is 13. The van der Waals surface area contributed by atoms with E-state index in [1.807, 2.05) is 140 Å². The SMILES string of the molecule is C=CC(=O)OC(C)(C)C.CC(C)(C)OC(=O)CCOCCO.CC(C)[C@H](NC(=O)OCC1c2ccccc2-c2ccccc21)C(=O)C[C@@H](CCCNC(N)=O)C(=O)Nc1ccc(CO)cc1.CC(C)[C@H](NC(=O)OCC1c2ccccc2-c2ccccc21)C(=O)C[C@@H](CCCNC(N)=O)C(=O)Nc1ccc(COC(=O)Oc2ccc([N+](=O)[O-])cc2)cc1.O=C1c2ccccc2C(=O)N1O.OCCO.[2H]CF. The number of carbonyl (C=O) groups is 13. The minimum atomic E-state index is -1.01. The Morgan fingerprint density at radius 3 is 1.23 bits per heavy atom. The molecular weight excluding hydrogens is 1820 g/mol. The van der Waals surface area contributed by atoms with E-state index in [2.05, 4.69) is 50.6 Å². The molecule has 37 nitrogen and oxygen atoms in total. The number of ether oxygens (including phenoxy) is 7. The zero-order chi connectivity index (χ0) is 104. The van der Waals surface area contributed by atoms with Crippen molar-refractivity contribution in [3.63, 3.8) is 0 Å². The number of alkyl halides is 1. The lowest BCUT2D eigenvalue weighted by molar-refractivity contribution is -0.384. The maximum absolute atomic E-state index is 13.7. The average molecular weight is 1950 g/mol. The molecule has 140 heavy (non-hydrogen) atoms. The van der Waals surface area contributed by atoms with Crippen LogP contribution in [0.25, 0.3) is 22.3 Å². The first-order valence-electron chi connectivity index (χ1n) is 45.6. The predicted octanol–water partition coefficient (Wildman–Crippen LogP) is 14.0. The first kappa shape index (κ1) is 114. The third-order valence-corrected chi connectivity index (χ3v) is 20.7. The smallest absolute Gasteiger partial charge is 0.460 e. The number of rotatable bonds is 38. The normalized spacial score (nSPS) is 12.7. The number of primary amides is 2. The number of nitro groups is 1. The molecule has 0 aromatic heterocycles. The summed E-state index contributed by atoms with van der Waals surface area (Å²) >= 11 is 0. The summed E-state index contributed by atoms with van der Waals surface area (Å²) in [6.45, 7) is 22.1. The lowest BCUT2D eigenvalue weighted by atomic mass is 9.89. The number of ketones is 2. The largest absolute Gasteiger partial charge is 0.514 e. The quantitative estimate of drug-likeness (QED) is 0.00197. The Kier molecular flexibility index (Phi) is 48.4. The van der Waals surface area contributed by atoms with Crippen molar-refractivity contribution in [1.29, 1.82) is 0 Å². The van der Waals surface area contributed by atoms with Gasteiger partial charge in [0.15, 0.2) is 11.6 Å². The van der Waals surface area contributed by atoms with Gasteiger partial charge in [0.05, 0.1) is 82.7 Å². The highest BCUT2D eigenvalue weighted by Crippen LogP contribution is 2.46. The van der Waals surface area contributed by atoms with Crippen molar-refractivity contribution in [1.82, 2.24) is 26.3 Å². The van der Waals surface area contributed by atoms with E-state index in [-0.39, 0.29) is 172 Å². The number of nitro benzene ring substituents is 1. The number of imide groups is 1. The molecule has 11 rings (SSSR count). The number of benzene rings is 8. The van der Waals surface area contributed by atoms with Crippen molar-refractivity contribution in [3.8, 4) is 28.0 Å². The van der Waals surface area contributed by atoms with Gasteiger partial charge in [-0.1, -0.05) is 168 Å². The maximum Gasteiger partial charge on any atom is 0.514 e. The maximum atomic E-state index is 13.7. The van der Waals surface area contributed by atoms with Gasteiger partial charge in [0, 0.05) is 79.2 Å². The predicted molar refractivity (Wildman–Crippen MR) is 518 cm³/mol. The zero-order valence-electron chi connectivity index (χ0n) is 81.0. The van der Waals surface area contributed by atoms with Crippen LogP contribution < -0.4 is 48.1 Å². The summed E-state index contributed by atoms with van der Waals surface area (Å²) in [5, 5.41) is 68.9.